The molecule has 0 saturated carbocycles. The Morgan fingerprint density at radius 2 is 1.94 bits per heavy atom. The predicted molar refractivity (Wildman–Crippen MR) is 127 cm³/mol. The number of fused-ring (bicyclic) bond motifs is 3. The quantitative estimate of drug-likeness (QED) is 0.399. The smallest absolute Gasteiger partial charge is 0.348 e. The second-order valence-corrected chi connectivity index (χ2v) is 9.92. The van der Waals surface area contributed by atoms with Crippen molar-refractivity contribution in [2.45, 2.75) is 24.5 Å². The van der Waals surface area contributed by atoms with Gasteiger partial charge in [-0.2, -0.15) is 11.3 Å². The highest BCUT2D eigenvalue weighted by molar-refractivity contribution is 7.08. The average Bonchev–Trinajstić information content (AvgIpc) is 3.40. The lowest BCUT2D eigenvalue weighted by molar-refractivity contribution is -0.939. The Kier molecular flexibility index (Phi) is 6.16. The number of carbonyl (C=O) groups excluding carboxylic acids is 2. The number of aliphatic hydroxyl groups is 1. The van der Waals surface area contributed by atoms with E-state index in [2.05, 4.69) is 15.3 Å². The number of rotatable bonds is 7. The molecule has 2 atom stereocenters. The van der Waals surface area contributed by atoms with Crippen LogP contribution < -0.4 is 5.32 Å². The van der Waals surface area contributed by atoms with E-state index in [-0.39, 0.29) is 24.5 Å². The van der Waals surface area contributed by atoms with E-state index in [1.807, 2.05) is 11.4 Å². The van der Waals surface area contributed by atoms with E-state index in [9.17, 15) is 14.7 Å². The van der Waals surface area contributed by atoms with Gasteiger partial charge in [0.2, 0.25) is 5.60 Å². The van der Waals surface area contributed by atoms with Crippen molar-refractivity contribution in [1.29, 1.82) is 0 Å². The Morgan fingerprint density at radius 3 is 2.62 bits per heavy atom. The van der Waals surface area contributed by atoms with E-state index >= 15 is 0 Å². The van der Waals surface area contributed by atoms with E-state index in [4.69, 9.17) is 4.74 Å². The molecule has 2 bridgehead atoms. The van der Waals surface area contributed by atoms with Gasteiger partial charge >= 0.3 is 5.97 Å². The van der Waals surface area contributed by atoms with Gasteiger partial charge in [0.05, 0.1) is 19.3 Å². The van der Waals surface area contributed by atoms with Gasteiger partial charge in [0.25, 0.3) is 5.91 Å². The van der Waals surface area contributed by atoms with Crippen LogP contribution in [0.2, 0.25) is 0 Å². The molecule has 1 amide bonds. The Labute approximate surface area is 201 Å². The van der Waals surface area contributed by atoms with Gasteiger partial charge in [0.1, 0.15) is 6.54 Å². The van der Waals surface area contributed by atoms with Crippen molar-refractivity contribution >= 4 is 29.0 Å². The Hall–Kier alpha value is -3.14. The Balaban J connectivity index is 1.32. The third-order valence-corrected chi connectivity index (χ3v) is 7.72. The van der Waals surface area contributed by atoms with Gasteiger partial charge in [-0.3, -0.25) is 9.78 Å². The standard InChI is InChI=1S/C25H26N4O4S/c30-23(28-22-14-26-9-10-27-22)16-29-11-6-18(7-12-29)21(15-29)33-24(31)25(32,20-8-13-34-17-20)19-4-2-1-3-5-19/h1-5,8-10,13-14,17-18,21,32H,6-7,11-12,15-16H2/p+1/t18?,21?,25-,29?/m1/s1. The van der Waals surface area contributed by atoms with E-state index in [0.29, 0.717) is 28.0 Å². The summed E-state index contributed by atoms with van der Waals surface area (Å²) in [6, 6.07) is 10.7. The highest BCUT2D eigenvalue weighted by atomic mass is 32.1. The highest BCUT2D eigenvalue weighted by Crippen LogP contribution is 2.38. The highest BCUT2D eigenvalue weighted by Gasteiger charge is 2.51. The third-order valence-electron chi connectivity index (χ3n) is 7.04. The third kappa shape index (κ3) is 4.34. The topological polar surface area (TPSA) is 101 Å². The molecule has 6 rings (SSSR count). The summed E-state index contributed by atoms with van der Waals surface area (Å²) >= 11 is 1.42. The van der Waals surface area contributed by atoms with Gasteiger partial charge in [-0.25, -0.2) is 9.78 Å². The number of quaternary nitrogens is 1. The number of anilines is 1. The van der Waals surface area contributed by atoms with Crippen LogP contribution in [0.15, 0.2) is 65.7 Å². The van der Waals surface area contributed by atoms with Crippen molar-refractivity contribution in [2.75, 3.05) is 31.5 Å². The van der Waals surface area contributed by atoms with E-state index < -0.39 is 11.6 Å². The molecule has 3 saturated heterocycles. The fourth-order valence-electron chi connectivity index (χ4n) is 5.20. The van der Waals surface area contributed by atoms with E-state index in [1.165, 1.54) is 23.7 Å². The summed E-state index contributed by atoms with van der Waals surface area (Å²) < 4.78 is 6.60. The molecule has 8 nitrogen and oxygen atoms in total. The predicted octanol–water partition coefficient (Wildman–Crippen LogP) is 2.56. The lowest BCUT2D eigenvalue weighted by atomic mass is 9.82. The molecule has 9 heteroatoms. The molecular formula is C25H27N4O4S+. The summed E-state index contributed by atoms with van der Waals surface area (Å²) in [6.07, 6.45) is 5.99. The maximum Gasteiger partial charge on any atom is 0.348 e. The maximum atomic E-state index is 13.5. The largest absolute Gasteiger partial charge is 0.453 e. The lowest BCUT2D eigenvalue weighted by Crippen LogP contribution is -2.66. The van der Waals surface area contributed by atoms with Crippen LogP contribution in [0.3, 0.4) is 0 Å². The van der Waals surface area contributed by atoms with Crippen LogP contribution in [0.5, 0.6) is 0 Å². The molecule has 2 N–H and O–H groups in total. The van der Waals surface area contributed by atoms with Crippen LogP contribution in [0.1, 0.15) is 24.0 Å². The number of thiophene rings is 1. The molecule has 0 aliphatic carbocycles. The number of piperidine rings is 3. The monoisotopic (exact) mass is 479 g/mol. The van der Waals surface area contributed by atoms with Crippen LogP contribution in [0, 0.1) is 5.92 Å². The summed E-state index contributed by atoms with van der Waals surface area (Å²) in [6.45, 7) is 2.56. The molecule has 3 aromatic rings. The van der Waals surface area contributed by atoms with Crippen LogP contribution in [0.4, 0.5) is 5.82 Å². The first kappa shape index (κ1) is 22.6. The van der Waals surface area contributed by atoms with Gasteiger partial charge < -0.3 is 19.6 Å². The molecule has 5 heterocycles. The fraction of sp³-hybridized carbons (Fsp3) is 0.360. The minimum Gasteiger partial charge on any atom is -0.453 e. The number of amides is 1. The minimum absolute atomic E-state index is 0.134. The van der Waals surface area contributed by atoms with Crippen LogP contribution in [0.25, 0.3) is 0 Å². The second kappa shape index (κ2) is 9.25. The summed E-state index contributed by atoms with van der Waals surface area (Å²) in [4.78, 5) is 34.3. The van der Waals surface area contributed by atoms with Crippen molar-refractivity contribution < 1.29 is 23.9 Å². The van der Waals surface area contributed by atoms with Crippen molar-refractivity contribution in [2.24, 2.45) is 5.92 Å². The van der Waals surface area contributed by atoms with Gasteiger partial charge in [0.15, 0.2) is 18.5 Å². The summed E-state index contributed by atoms with van der Waals surface area (Å²) in [7, 11) is 0. The summed E-state index contributed by atoms with van der Waals surface area (Å²) in [5, 5.41) is 18.1. The minimum atomic E-state index is -1.87. The molecule has 1 unspecified atom stereocenters. The van der Waals surface area contributed by atoms with Crippen LogP contribution in [-0.4, -0.2) is 63.7 Å². The number of aromatic nitrogens is 2. The number of hydrogen-bond donors (Lipinski definition) is 2. The van der Waals surface area contributed by atoms with E-state index in [0.717, 1.165) is 25.9 Å². The zero-order valence-electron chi connectivity index (χ0n) is 18.7. The van der Waals surface area contributed by atoms with Crippen LogP contribution >= 0.6 is 11.3 Å². The number of esters is 1. The van der Waals surface area contributed by atoms with E-state index in [1.54, 1.807) is 41.9 Å². The zero-order chi connectivity index (χ0) is 23.6. The fourth-order valence-corrected chi connectivity index (χ4v) is 5.90. The zero-order valence-corrected chi connectivity index (χ0v) is 19.5. The first-order valence-electron chi connectivity index (χ1n) is 11.4. The summed E-state index contributed by atoms with van der Waals surface area (Å²) in [5.41, 5.74) is -0.893. The molecule has 3 aliphatic rings. The Morgan fingerprint density at radius 1 is 1.15 bits per heavy atom. The molecule has 1 aromatic carbocycles. The first-order chi connectivity index (χ1) is 16.5. The average molecular weight is 480 g/mol. The SMILES string of the molecule is O=C(C[N+]12CCC(CC1)C(OC(=O)[C@@](O)(c1ccccc1)c1ccsc1)C2)Nc1cnccn1. The second-order valence-electron chi connectivity index (χ2n) is 9.14. The molecule has 0 spiro atoms. The molecular weight excluding hydrogens is 452 g/mol. The molecule has 34 heavy (non-hydrogen) atoms. The Bertz CT molecular complexity index is 1130. The van der Waals surface area contributed by atoms with Gasteiger partial charge in [-0.1, -0.05) is 30.3 Å². The normalized spacial score (nSPS) is 25.3. The molecule has 0 radical (unpaired) electrons. The number of hydrogen-bond acceptors (Lipinski definition) is 7. The van der Waals surface area contributed by atoms with Crippen molar-refractivity contribution in [3.05, 3.63) is 76.9 Å². The van der Waals surface area contributed by atoms with Crippen molar-refractivity contribution in [3.63, 3.8) is 0 Å². The number of carbonyl (C=O) groups is 2. The summed E-state index contributed by atoms with van der Waals surface area (Å²) in [5.74, 6) is -0.151. The number of nitrogens with one attached hydrogen (secondary N) is 1. The molecule has 3 fully saturated rings. The molecule has 3 aliphatic heterocycles. The molecule has 176 valence electrons. The lowest BCUT2D eigenvalue weighted by Gasteiger charge is -2.51. The van der Waals surface area contributed by atoms with Gasteiger partial charge in [-0.15, -0.1) is 0 Å². The number of nitrogens with zero attached hydrogens (tertiary/aromatic N) is 3. The van der Waals surface area contributed by atoms with Gasteiger partial charge in [-0.05, 0) is 22.4 Å². The van der Waals surface area contributed by atoms with Crippen LogP contribution in [-0.2, 0) is 19.9 Å². The van der Waals surface area contributed by atoms with Gasteiger partial charge in [0, 0.05) is 36.7 Å². The number of ether oxygens (including phenoxy) is 1. The number of benzene rings is 1. The molecule has 2 aromatic heterocycles. The first-order valence-corrected chi connectivity index (χ1v) is 12.4. The van der Waals surface area contributed by atoms with Crippen molar-refractivity contribution in [1.82, 2.24) is 9.97 Å². The van der Waals surface area contributed by atoms with Crippen molar-refractivity contribution in [3.8, 4) is 0 Å². The maximum absolute atomic E-state index is 13.5.